The maximum atomic E-state index is 11.1. The number of rotatable bonds is 6. The number of halogens is 4. The summed E-state index contributed by atoms with van der Waals surface area (Å²) in [5, 5.41) is 0. The van der Waals surface area contributed by atoms with Crippen LogP contribution in [0.5, 0.6) is 0 Å². The molecule has 0 aromatic heterocycles. The van der Waals surface area contributed by atoms with Crippen molar-refractivity contribution in [3.63, 3.8) is 0 Å². The van der Waals surface area contributed by atoms with E-state index in [0.717, 1.165) is 0 Å². The first kappa shape index (κ1) is 14.4. The molecule has 0 saturated carbocycles. The summed E-state index contributed by atoms with van der Waals surface area (Å²) in [4.78, 5) is 11.1. The van der Waals surface area contributed by atoms with Gasteiger partial charge in [0, 0.05) is 0 Å². The van der Waals surface area contributed by atoms with Crippen LogP contribution in [0.4, 0.5) is 0 Å². The van der Waals surface area contributed by atoms with Crippen molar-refractivity contribution in [2.75, 3.05) is 13.1 Å². The molecule has 0 rings (SSSR count). The molecule has 13 heavy (non-hydrogen) atoms. The van der Waals surface area contributed by atoms with E-state index in [2.05, 4.69) is 3.88 Å². The van der Waals surface area contributed by atoms with Crippen molar-refractivity contribution < 1.29 is 15.7 Å². The quantitative estimate of drug-likeness (QED) is 0.650. The Morgan fingerprint density at radius 1 is 1.31 bits per heavy atom. The van der Waals surface area contributed by atoms with Gasteiger partial charge < -0.3 is 0 Å². The third kappa shape index (κ3) is 11.4. The van der Waals surface area contributed by atoms with Crippen LogP contribution in [0, 0.1) is 0 Å². The Morgan fingerprint density at radius 3 is 2.23 bits per heavy atom. The Bertz CT molecular complexity index is 183. The summed E-state index contributed by atoms with van der Waals surface area (Å²) in [5.41, 5.74) is 5.22. The molecule has 0 atom stereocenters. The first-order chi connectivity index (χ1) is 5.71. The molecule has 0 bridgehead atoms. The maximum absolute atomic E-state index is 11.1. The summed E-state index contributed by atoms with van der Waals surface area (Å²) >= 11 is 0. The van der Waals surface area contributed by atoms with E-state index >= 15 is 0 Å². The second kappa shape index (κ2) is 5.50. The first-order valence-electron chi connectivity index (χ1n) is 3.31. The van der Waals surface area contributed by atoms with E-state index in [4.69, 9.17) is 43.4 Å². The van der Waals surface area contributed by atoms with Crippen LogP contribution in [0.25, 0.3) is 0 Å². The SMILES string of the molecule is NCCCC(=O)C[NH][Pt]([Cl])([Cl])([Cl])[Cl]. The van der Waals surface area contributed by atoms with E-state index in [1.165, 1.54) is 0 Å². The molecule has 0 fully saturated rings. The van der Waals surface area contributed by atoms with E-state index in [0.29, 0.717) is 19.4 Å². The average Bonchev–Trinajstić information content (AvgIpc) is 1.94. The molecule has 0 aliphatic rings. The van der Waals surface area contributed by atoms with Crippen molar-refractivity contribution >= 4 is 43.5 Å². The molecule has 0 saturated heterocycles. The molecular weight excluding hydrogens is 441 g/mol. The summed E-state index contributed by atoms with van der Waals surface area (Å²) in [6.45, 7) is 0.470. The molecule has 0 aromatic carbocycles. The molecule has 0 aromatic rings. The predicted octanol–water partition coefficient (Wildman–Crippen LogP) is 2.10. The zero-order valence-electron chi connectivity index (χ0n) is 6.64. The number of hydrogen-bond donors (Lipinski definition) is 2. The van der Waals surface area contributed by atoms with E-state index in [1.54, 1.807) is 0 Å². The van der Waals surface area contributed by atoms with Gasteiger partial charge in [-0.15, -0.1) is 0 Å². The van der Waals surface area contributed by atoms with Crippen molar-refractivity contribution in [2.24, 2.45) is 5.73 Å². The van der Waals surface area contributed by atoms with Gasteiger partial charge in [-0.1, -0.05) is 0 Å². The minimum atomic E-state index is -4.40. The first-order valence-corrected chi connectivity index (χ1v) is 15.7. The van der Waals surface area contributed by atoms with Crippen LogP contribution in [0.3, 0.4) is 0 Å². The number of carbonyl (C=O) groups excluding carboxylic acids is 1. The Labute approximate surface area is 94.1 Å². The van der Waals surface area contributed by atoms with Gasteiger partial charge in [-0.05, 0) is 0 Å². The zero-order chi connectivity index (χ0) is 10.6. The summed E-state index contributed by atoms with van der Waals surface area (Å²) in [7, 11) is 17.8. The zero-order valence-corrected chi connectivity index (χ0v) is 11.9. The second-order valence-electron chi connectivity index (χ2n) is 2.23. The summed E-state index contributed by atoms with van der Waals surface area (Å²) in [5.74, 6) is -0.0537. The van der Waals surface area contributed by atoms with Crippen LogP contribution in [-0.4, -0.2) is 18.9 Å². The summed E-state index contributed by atoms with van der Waals surface area (Å²) in [6, 6.07) is 0. The molecule has 85 valence electrons. The van der Waals surface area contributed by atoms with Crippen LogP contribution in [0.15, 0.2) is 0 Å². The third-order valence-electron chi connectivity index (χ3n) is 1.08. The van der Waals surface area contributed by atoms with Gasteiger partial charge in [0.25, 0.3) is 0 Å². The Balaban J connectivity index is 3.71. The van der Waals surface area contributed by atoms with Crippen LogP contribution in [0.1, 0.15) is 12.8 Å². The number of carbonyl (C=O) groups is 1. The standard InChI is InChI=1S/C5H11N2O.4ClH.Pt/c6-3-1-2-5(8)4-7;;;;;/h7H,1-4,6H2;4*1H;/q-1;;;;;+5/p-4. The molecule has 0 spiro atoms. The fourth-order valence-corrected chi connectivity index (χ4v) is 2.97. The topological polar surface area (TPSA) is 55.1 Å². The van der Waals surface area contributed by atoms with Crippen molar-refractivity contribution in [3.8, 4) is 0 Å². The summed E-state index contributed by atoms with van der Waals surface area (Å²) < 4.78 is 2.46. The molecule has 3 nitrogen and oxygen atoms in total. The minimum absolute atomic E-state index is 0.00525. The van der Waals surface area contributed by atoms with Gasteiger partial charge >= 0.3 is 94.7 Å². The molecule has 8 heteroatoms. The Hall–Kier alpha value is 1.44. The fourth-order valence-electron chi connectivity index (χ4n) is 0.534. The Morgan fingerprint density at radius 2 is 1.85 bits per heavy atom. The average molecular weight is 452 g/mol. The number of nitrogens with one attached hydrogen (secondary N) is 1. The van der Waals surface area contributed by atoms with Crippen molar-refractivity contribution in [1.82, 2.24) is 3.88 Å². The van der Waals surface area contributed by atoms with Crippen LogP contribution in [-0.2, 0) is 15.7 Å². The number of ketones is 1. The third-order valence-corrected chi connectivity index (χ3v) is 5.47. The van der Waals surface area contributed by atoms with E-state index in [1.807, 2.05) is 0 Å². The van der Waals surface area contributed by atoms with E-state index < -0.39 is 10.9 Å². The van der Waals surface area contributed by atoms with Crippen molar-refractivity contribution in [2.45, 2.75) is 12.8 Å². The van der Waals surface area contributed by atoms with Crippen molar-refractivity contribution in [3.05, 3.63) is 0 Å². The molecule has 3 N–H and O–H groups in total. The van der Waals surface area contributed by atoms with Crippen LogP contribution >= 0.6 is 37.7 Å². The van der Waals surface area contributed by atoms with E-state index in [9.17, 15) is 4.79 Å². The molecule has 0 amide bonds. The molecule has 0 heterocycles. The van der Waals surface area contributed by atoms with Gasteiger partial charge in [-0.25, -0.2) is 0 Å². The van der Waals surface area contributed by atoms with Gasteiger partial charge in [0.05, 0.1) is 0 Å². The molecular formula is C5H11Cl4N2OPt. The molecule has 0 aliphatic carbocycles. The van der Waals surface area contributed by atoms with E-state index in [-0.39, 0.29) is 12.3 Å². The Kier molecular flexibility index (Phi) is 6.11. The fraction of sp³-hybridized carbons (Fsp3) is 0.800. The molecule has 0 radical (unpaired) electrons. The number of hydrogen-bond acceptors (Lipinski definition) is 3. The van der Waals surface area contributed by atoms with Crippen molar-refractivity contribution in [1.29, 1.82) is 0 Å². The number of nitrogens with two attached hydrogens (primary N) is 1. The van der Waals surface area contributed by atoms with Gasteiger partial charge in [0.2, 0.25) is 0 Å². The van der Waals surface area contributed by atoms with Gasteiger partial charge in [-0.3, -0.25) is 0 Å². The van der Waals surface area contributed by atoms with Crippen LogP contribution in [0.2, 0.25) is 0 Å². The second-order valence-corrected chi connectivity index (χ2v) is 28.4. The molecule has 0 aliphatic heterocycles. The molecule has 0 unspecified atom stereocenters. The number of Topliss-reactive ketones (excluding diaryl/α,β-unsaturated/α-hetero) is 1. The predicted molar refractivity (Wildman–Crippen MR) is 54.7 cm³/mol. The normalized spacial score (nSPS) is 15.0. The van der Waals surface area contributed by atoms with Gasteiger partial charge in [0.15, 0.2) is 0 Å². The van der Waals surface area contributed by atoms with Gasteiger partial charge in [-0.2, -0.15) is 0 Å². The van der Waals surface area contributed by atoms with Crippen LogP contribution < -0.4 is 9.61 Å². The van der Waals surface area contributed by atoms with Gasteiger partial charge in [0.1, 0.15) is 0 Å². The summed E-state index contributed by atoms with van der Waals surface area (Å²) in [6.07, 6.45) is 1.02. The monoisotopic (exact) mass is 450 g/mol.